The summed E-state index contributed by atoms with van der Waals surface area (Å²) in [4.78, 5) is 21.0. The summed E-state index contributed by atoms with van der Waals surface area (Å²) in [6.07, 6.45) is 1.55. The molecule has 0 aliphatic carbocycles. The Labute approximate surface area is 97.6 Å². The smallest absolute Gasteiger partial charge is 0.333 e. The summed E-state index contributed by atoms with van der Waals surface area (Å²) >= 11 is 0. The average molecular weight is 236 g/mol. The molecule has 3 N–H and O–H groups in total. The highest BCUT2D eigenvalue weighted by Gasteiger charge is 2.03. The second kappa shape index (κ2) is 6.11. The van der Waals surface area contributed by atoms with Crippen molar-refractivity contribution in [3.8, 4) is 0 Å². The number of carbonyl (C=O) groups is 1. The van der Waals surface area contributed by atoms with E-state index in [0.717, 1.165) is 0 Å². The monoisotopic (exact) mass is 236 g/mol. The molecule has 0 aliphatic heterocycles. The Morgan fingerprint density at radius 2 is 2.06 bits per heavy atom. The largest absolute Gasteiger partial charge is 0.333 e. The fourth-order valence-electron chi connectivity index (χ4n) is 1.00. The molecule has 0 bridgehead atoms. The van der Waals surface area contributed by atoms with Gasteiger partial charge in [-0.2, -0.15) is 0 Å². The van der Waals surface area contributed by atoms with Gasteiger partial charge in [-0.05, 0) is 12.1 Å². The molecule has 17 heavy (non-hydrogen) atoms. The Hall–Kier alpha value is -2.57. The van der Waals surface area contributed by atoms with Crippen LogP contribution in [0.1, 0.15) is 0 Å². The van der Waals surface area contributed by atoms with Gasteiger partial charge in [-0.15, -0.1) is 6.58 Å². The molecule has 0 aromatic heterocycles. The van der Waals surface area contributed by atoms with E-state index in [1.807, 2.05) is 0 Å². The highest BCUT2D eigenvalue weighted by atomic mass is 16.6. The van der Waals surface area contributed by atoms with Crippen LogP contribution < -0.4 is 16.2 Å². The van der Waals surface area contributed by atoms with E-state index in [9.17, 15) is 14.9 Å². The van der Waals surface area contributed by atoms with Crippen LogP contribution in [0.5, 0.6) is 0 Å². The van der Waals surface area contributed by atoms with Crippen LogP contribution in [0.2, 0.25) is 0 Å². The number of hydrazine groups is 1. The summed E-state index contributed by atoms with van der Waals surface area (Å²) in [5.41, 5.74) is 5.50. The molecule has 0 atom stereocenters. The third-order valence-corrected chi connectivity index (χ3v) is 1.81. The van der Waals surface area contributed by atoms with Gasteiger partial charge >= 0.3 is 6.03 Å². The lowest BCUT2D eigenvalue weighted by molar-refractivity contribution is -0.384. The summed E-state index contributed by atoms with van der Waals surface area (Å²) < 4.78 is 0. The van der Waals surface area contributed by atoms with Crippen LogP contribution in [-0.4, -0.2) is 17.5 Å². The topological polar surface area (TPSA) is 96.3 Å². The third kappa shape index (κ3) is 4.20. The van der Waals surface area contributed by atoms with Crippen LogP contribution in [0.4, 0.5) is 16.2 Å². The van der Waals surface area contributed by atoms with Gasteiger partial charge in [-0.3, -0.25) is 21.0 Å². The molecule has 0 fully saturated rings. The zero-order valence-corrected chi connectivity index (χ0v) is 8.97. The van der Waals surface area contributed by atoms with Crippen molar-refractivity contribution in [2.75, 3.05) is 12.0 Å². The van der Waals surface area contributed by atoms with Crippen LogP contribution in [0.25, 0.3) is 0 Å². The number of carbonyl (C=O) groups excluding carboxylic acids is 1. The zero-order valence-electron chi connectivity index (χ0n) is 8.97. The number of non-ortho nitro benzene ring substituents is 1. The van der Waals surface area contributed by atoms with Gasteiger partial charge < -0.3 is 5.32 Å². The lowest BCUT2D eigenvalue weighted by Gasteiger charge is -2.08. The summed E-state index contributed by atoms with van der Waals surface area (Å²) in [7, 11) is 0. The first-order chi connectivity index (χ1) is 8.13. The number of nitro benzene ring substituents is 1. The Morgan fingerprint density at radius 1 is 1.41 bits per heavy atom. The third-order valence-electron chi connectivity index (χ3n) is 1.81. The first kappa shape index (κ1) is 12.5. The molecule has 90 valence electrons. The predicted molar refractivity (Wildman–Crippen MR) is 63.5 cm³/mol. The van der Waals surface area contributed by atoms with Gasteiger partial charge in [0.2, 0.25) is 0 Å². The summed E-state index contributed by atoms with van der Waals surface area (Å²) in [6.45, 7) is 3.81. The molecule has 0 heterocycles. The minimum absolute atomic E-state index is 0.00772. The number of nitro groups is 1. The van der Waals surface area contributed by atoms with Gasteiger partial charge in [-0.25, -0.2) is 4.79 Å². The summed E-state index contributed by atoms with van der Waals surface area (Å²) in [5, 5.41) is 12.9. The Morgan fingerprint density at radius 3 is 2.59 bits per heavy atom. The first-order valence-electron chi connectivity index (χ1n) is 4.78. The van der Waals surface area contributed by atoms with Crippen LogP contribution >= 0.6 is 0 Å². The highest BCUT2D eigenvalue weighted by Crippen LogP contribution is 2.14. The molecule has 0 saturated carbocycles. The maximum atomic E-state index is 11.1. The molecule has 1 aromatic carbocycles. The quantitative estimate of drug-likeness (QED) is 0.409. The van der Waals surface area contributed by atoms with Crippen LogP contribution in [0.15, 0.2) is 36.9 Å². The number of urea groups is 1. The lowest BCUT2D eigenvalue weighted by Crippen LogP contribution is -2.38. The molecule has 2 amide bonds. The number of hydrogen-bond donors (Lipinski definition) is 3. The summed E-state index contributed by atoms with van der Waals surface area (Å²) in [5.74, 6) is 0. The molecule has 7 heteroatoms. The number of amides is 2. The molecule has 1 aromatic rings. The Kier molecular flexibility index (Phi) is 4.49. The maximum Gasteiger partial charge on any atom is 0.333 e. The zero-order chi connectivity index (χ0) is 12.7. The molecular weight excluding hydrogens is 224 g/mol. The van der Waals surface area contributed by atoms with E-state index >= 15 is 0 Å². The van der Waals surface area contributed by atoms with E-state index < -0.39 is 11.0 Å². The second-order valence-electron chi connectivity index (χ2n) is 3.05. The molecule has 7 nitrogen and oxygen atoms in total. The fraction of sp³-hybridized carbons (Fsp3) is 0.100. The Balaban J connectivity index is 2.44. The minimum Gasteiger partial charge on any atom is -0.333 e. The van der Waals surface area contributed by atoms with Gasteiger partial charge in [0.05, 0.1) is 10.6 Å². The molecular formula is C10H12N4O3. The van der Waals surface area contributed by atoms with Crippen molar-refractivity contribution in [1.29, 1.82) is 0 Å². The van der Waals surface area contributed by atoms with E-state index in [4.69, 9.17) is 0 Å². The lowest BCUT2D eigenvalue weighted by atomic mass is 10.3. The normalized spacial score (nSPS) is 9.18. The predicted octanol–water partition coefficient (Wildman–Crippen LogP) is 1.41. The van der Waals surface area contributed by atoms with Crippen molar-refractivity contribution in [2.24, 2.45) is 0 Å². The first-order valence-corrected chi connectivity index (χ1v) is 4.78. The van der Waals surface area contributed by atoms with E-state index in [2.05, 4.69) is 22.7 Å². The molecule has 0 radical (unpaired) electrons. The SMILES string of the molecule is C=CCNC(=O)NNc1ccc([N+](=O)[O-])cc1. The van der Waals surface area contributed by atoms with E-state index in [-0.39, 0.29) is 5.69 Å². The number of benzene rings is 1. The number of nitrogens with one attached hydrogen (secondary N) is 3. The summed E-state index contributed by atoms with van der Waals surface area (Å²) in [6, 6.07) is 5.25. The molecule has 1 rings (SSSR count). The number of nitrogens with zero attached hydrogens (tertiary/aromatic N) is 1. The van der Waals surface area contributed by atoms with Crippen molar-refractivity contribution in [3.05, 3.63) is 47.0 Å². The minimum atomic E-state index is -0.492. The number of hydrogen-bond acceptors (Lipinski definition) is 4. The number of rotatable bonds is 5. The van der Waals surface area contributed by atoms with Crippen LogP contribution in [0, 0.1) is 10.1 Å². The van der Waals surface area contributed by atoms with Crippen molar-refractivity contribution in [3.63, 3.8) is 0 Å². The molecule has 0 unspecified atom stereocenters. The standard InChI is InChI=1S/C10H12N4O3/c1-2-7-11-10(15)13-12-8-3-5-9(6-4-8)14(16)17/h2-6,12H,1,7H2,(H2,11,13,15). The maximum absolute atomic E-state index is 11.1. The molecule has 0 spiro atoms. The fourth-order valence-corrected chi connectivity index (χ4v) is 1.00. The number of anilines is 1. The van der Waals surface area contributed by atoms with Crippen LogP contribution in [-0.2, 0) is 0 Å². The van der Waals surface area contributed by atoms with Gasteiger partial charge in [0.25, 0.3) is 5.69 Å². The van der Waals surface area contributed by atoms with E-state index in [0.29, 0.717) is 12.2 Å². The van der Waals surface area contributed by atoms with Crippen molar-refractivity contribution in [2.45, 2.75) is 0 Å². The molecule has 0 saturated heterocycles. The van der Waals surface area contributed by atoms with Gasteiger partial charge in [0.15, 0.2) is 0 Å². The Bertz CT molecular complexity index is 416. The van der Waals surface area contributed by atoms with Crippen molar-refractivity contribution in [1.82, 2.24) is 10.7 Å². The molecule has 0 aliphatic rings. The van der Waals surface area contributed by atoms with Gasteiger partial charge in [0.1, 0.15) is 0 Å². The van der Waals surface area contributed by atoms with Crippen molar-refractivity contribution >= 4 is 17.4 Å². The van der Waals surface area contributed by atoms with Crippen LogP contribution in [0.3, 0.4) is 0 Å². The average Bonchev–Trinajstić information content (AvgIpc) is 2.34. The highest BCUT2D eigenvalue weighted by molar-refractivity contribution is 5.75. The van der Waals surface area contributed by atoms with Crippen molar-refractivity contribution < 1.29 is 9.72 Å². The van der Waals surface area contributed by atoms with E-state index in [1.54, 1.807) is 6.08 Å². The van der Waals surface area contributed by atoms with Gasteiger partial charge in [0, 0.05) is 18.7 Å². The van der Waals surface area contributed by atoms with E-state index in [1.165, 1.54) is 24.3 Å². The van der Waals surface area contributed by atoms with Gasteiger partial charge in [-0.1, -0.05) is 6.08 Å². The second-order valence-corrected chi connectivity index (χ2v) is 3.05.